The van der Waals surface area contributed by atoms with Crippen molar-refractivity contribution >= 4 is 15.9 Å². The van der Waals surface area contributed by atoms with Crippen molar-refractivity contribution < 1.29 is 23.1 Å². The molecule has 2 atom stereocenters. The predicted molar refractivity (Wildman–Crippen MR) is 121 cm³/mol. The molecule has 1 saturated carbocycles. The normalized spacial score (nSPS) is 23.4. The molecule has 8 heteroatoms. The fraction of sp³-hybridized carbons (Fsp3) is 0.458. The van der Waals surface area contributed by atoms with Crippen LogP contribution in [0.4, 0.5) is 0 Å². The highest BCUT2D eigenvalue weighted by molar-refractivity contribution is 7.89. The summed E-state index contributed by atoms with van der Waals surface area (Å²) in [4.78, 5) is 15.0. The van der Waals surface area contributed by atoms with Crippen LogP contribution < -0.4 is 9.46 Å². The molecule has 172 valence electrons. The molecule has 7 nitrogen and oxygen atoms in total. The summed E-state index contributed by atoms with van der Waals surface area (Å²) in [6, 6.07) is 13.2. The molecular formula is C24H30N2O5S. The Bertz CT molecular complexity index is 1050. The van der Waals surface area contributed by atoms with E-state index in [1.807, 2.05) is 4.90 Å². The van der Waals surface area contributed by atoms with Crippen LogP contribution in [-0.4, -0.2) is 50.1 Å². The number of hydrogen-bond donors (Lipinski definition) is 2. The van der Waals surface area contributed by atoms with Crippen LogP contribution in [0.5, 0.6) is 5.75 Å². The zero-order valence-electron chi connectivity index (χ0n) is 18.3. The highest BCUT2D eigenvalue weighted by atomic mass is 32.2. The van der Waals surface area contributed by atoms with Gasteiger partial charge in [-0.3, -0.25) is 4.79 Å². The molecule has 1 amide bonds. The second-order valence-corrected chi connectivity index (χ2v) is 10.5. The predicted octanol–water partition coefficient (Wildman–Crippen LogP) is 2.94. The molecule has 4 rings (SSSR count). The Morgan fingerprint density at radius 3 is 2.53 bits per heavy atom. The van der Waals surface area contributed by atoms with E-state index < -0.39 is 15.6 Å². The van der Waals surface area contributed by atoms with Crippen LogP contribution in [-0.2, 0) is 16.6 Å². The molecule has 1 heterocycles. The summed E-state index contributed by atoms with van der Waals surface area (Å²) in [5.41, 5.74) is 0.729. The summed E-state index contributed by atoms with van der Waals surface area (Å²) >= 11 is 0. The lowest BCUT2D eigenvalue weighted by atomic mass is 9.71. The van der Waals surface area contributed by atoms with Gasteiger partial charge in [-0.25, -0.2) is 13.1 Å². The molecular weight excluding hydrogens is 428 g/mol. The lowest BCUT2D eigenvalue weighted by molar-refractivity contribution is -0.0886. The highest BCUT2D eigenvalue weighted by Crippen LogP contribution is 2.40. The Labute approximate surface area is 189 Å². The van der Waals surface area contributed by atoms with Crippen molar-refractivity contribution in [1.29, 1.82) is 0 Å². The molecule has 1 saturated heterocycles. The van der Waals surface area contributed by atoms with E-state index in [1.54, 1.807) is 36.4 Å². The summed E-state index contributed by atoms with van der Waals surface area (Å²) in [5, 5.41) is 10.8. The lowest BCUT2D eigenvalue weighted by Gasteiger charge is -2.47. The first-order chi connectivity index (χ1) is 15.3. The molecule has 0 radical (unpaired) electrons. The Kier molecular flexibility index (Phi) is 6.55. The van der Waals surface area contributed by atoms with Crippen molar-refractivity contribution in [3.63, 3.8) is 0 Å². The van der Waals surface area contributed by atoms with Crippen LogP contribution in [0, 0.1) is 5.92 Å². The largest absolute Gasteiger partial charge is 0.497 e. The molecule has 0 bridgehead atoms. The maximum Gasteiger partial charge on any atom is 0.253 e. The average molecular weight is 459 g/mol. The Hall–Kier alpha value is -2.42. The number of hydrogen-bond acceptors (Lipinski definition) is 5. The van der Waals surface area contributed by atoms with Gasteiger partial charge in [0.25, 0.3) is 5.91 Å². The number of likely N-dealkylation sites (tertiary alicyclic amines) is 1. The van der Waals surface area contributed by atoms with Gasteiger partial charge in [0.15, 0.2) is 0 Å². The Morgan fingerprint density at radius 1 is 1.12 bits per heavy atom. The molecule has 2 aromatic rings. The van der Waals surface area contributed by atoms with Gasteiger partial charge in [-0.1, -0.05) is 25.0 Å². The maximum atomic E-state index is 13.0. The summed E-state index contributed by atoms with van der Waals surface area (Å²) in [7, 11) is -2.12. The fourth-order valence-electron chi connectivity index (χ4n) is 4.72. The third-order valence-electron chi connectivity index (χ3n) is 6.75. The number of piperidine rings is 1. The van der Waals surface area contributed by atoms with E-state index in [0.29, 0.717) is 30.8 Å². The molecule has 0 unspecified atom stereocenters. The second kappa shape index (κ2) is 9.21. The van der Waals surface area contributed by atoms with E-state index in [0.717, 1.165) is 31.2 Å². The zero-order chi connectivity index (χ0) is 22.8. The first-order valence-electron chi connectivity index (χ1n) is 11.0. The topological polar surface area (TPSA) is 95.9 Å². The van der Waals surface area contributed by atoms with Gasteiger partial charge in [0.05, 0.1) is 17.6 Å². The van der Waals surface area contributed by atoms with Crippen molar-refractivity contribution in [3.8, 4) is 5.75 Å². The number of sulfonamides is 1. The number of fused-ring (bicyclic) bond motifs is 1. The number of benzene rings is 2. The number of carbonyl (C=O) groups excluding carboxylic acids is 1. The van der Waals surface area contributed by atoms with Gasteiger partial charge in [0.2, 0.25) is 10.0 Å². The first kappa shape index (κ1) is 22.8. The minimum Gasteiger partial charge on any atom is -0.497 e. The van der Waals surface area contributed by atoms with Gasteiger partial charge < -0.3 is 14.7 Å². The van der Waals surface area contributed by atoms with Gasteiger partial charge >= 0.3 is 0 Å². The average Bonchev–Trinajstić information content (AvgIpc) is 2.82. The van der Waals surface area contributed by atoms with Gasteiger partial charge in [0.1, 0.15) is 5.75 Å². The standard InChI is InChI=1S/C24H30N2O5S/c1-31-21-9-11-22(12-10-21)32(29,30)25-16-18-5-7-19(8-6-18)23(27)26-15-14-24(28)13-3-2-4-20(24)17-26/h5-12,20,25,28H,2-4,13-17H2,1H3/t20-,24+/m0/s1. The zero-order valence-corrected chi connectivity index (χ0v) is 19.1. The number of aliphatic hydroxyl groups is 1. The number of nitrogens with one attached hydrogen (secondary N) is 1. The minimum atomic E-state index is -3.65. The van der Waals surface area contributed by atoms with Gasteiger partial charge in [0, 0.05) is 31.1 Å². The smallest absolute Gasteiger partial charge is 0.253 e. The lowest BCUT2D eigenvalue weighted by Crippen LogP contribution is -2.54. The monoisotopic (exact) mass is 458 g/mol. The van der Waals surface area contributed by atoms with E-state index in [9.17, 15) is 18.3 Å². The second-order valence-electron chi connectivity index (χ2n) is 8.74. The quantitative estimate of drug-likeness (QED) is 0.694. The molecule has 1 aliphatic heterocycles. The fourth-order valence-corrected chi connectivity index (χ4v) is 5.74. The molecule has 32 heavy (non-hydrogen) atoms. The Morgan fingerprint density at radius 2 is 1.84 bits per heavy atom. The van der Waals surface area contributed by atoms with Crippen LogP contribution in [0.15, 0.2) is 53.4 Å². The number of methoxy groups -OCH3 is 1. The molecule has 2 aromatic carbocycles. The van der Waals surface area contributed by atoms with Crippen LogP contribution in [0.1, 0.15) is 48.0 Å². The SMILES string of the molecule is COc1ccc(S(=O)(=O)NCc2ccc(C(=O)N3CC[C@]4(O)CCCC[C@H]4C3)cc2)cc1. The third-order valence-corrected chi connectivity index (χ3v) is 8.17. The van der Waals surface area contributed by atoms with E-state index >= 15 is 0 Å². The molecule has 2 aliphatic rings. The number of rotatable bonds is 6. The molecule has 2 N–H and O–H groups in total. The van der Waals surface area contributed by atoms with Crippen LogP contribution in [0.2, 0.25) is 0 Å². The van der Waals surface area contributed by atoms with Crippen LogP contribution >= 0.6 is 0 Å². The summed E-state index contributed by atoms with van der Waals surface area (Å²) in [5.74, 6) is 0.703. The van der Waals surface area contributed by atoms with E-state index in [1.165, 1.54) is 19.2 Å². The number of nitrogens with zero attached hydrogens (tertiary/aromatic N) is 1. The van der Waals surface area contributed by atoms with Gasteiger partial charge in [-0.2, -0.15) is 0 Å². The van der Waals surface area contributed by atoms with Crippen LogP contribution in [0.25, 0.3) is 0 Å². The van der Waals surface area contributed by atoms with Crippen molar-refractivity contribution in [2.75, 3.05) is 20.2 Å². The van der Waals surface area contributed by atoms with Crippen molar-refractivity contribution in [1.82, 2.24) is 9.62 Å². The third kappa shape index (κ3) is 4.82. The van der Waals surface area contributed by atoms with Crippen LogP contribution in [0.3, 0.4) is 0 Å². The minimum absolute atomic E-state index is 0.0389. The van der Waals surface area contributed by atoms with E-state index in [-0.39, 0.29) is 23.3 Å². The first-order valence-corrected chi connectivity index (χ1v) is 12.5. The maximum absolute atomic E-state index is 13.0. The van der Waals surface area contributed by atoms with Crippen molar-refractivity contribution in [3.05, 3.63) is 59.7 Å². The molecule has 2 fully saturated rings. The van der Waals surface area contributed by atoms with E-state index in [2.05, 4.69) is 4.72 Å². The molecule has 0 spiro atoms. The molecule has 0 aromatic heterocycles. The number of amides is 1. The summed E-state index contributed by atoms with van der Waals surface area (Å²) < 4.78 is 32.6. The van der Waals surface area contributed by atoms with Crippen molar-refractivity contribution in [2.45, 2.75) is 49.1 Å². The van der Waals surface area contributed by atoms with Crippen molar-refractivity contribution in [2.24, 2.45) is 5.92 Å². The number of ether oxygens (including phenoxy) is 1. The molecule has 1 aliphatic carbocycles. The Balaban J connectivity index is 1.36. The van der Waals surface area contributed by atoms with E-state index in [4.69, 9.17) is 4.74 Å². The van der Waals surface area contributed by atoms with Gasteiger partial charge in [-0.05, 0) is 61.2 Å². The summed E-state index contributed by atoms with van der Waals surface area (Å²) in [6.45, 7) is 1.29. The van der Waals surface area contributed by atoms with Gasteiger partial charge in [-0.15, -0.1) is 0 Å². The summed E-state index contributed by atoms with van der Waals surface area (Å²) in [6.07, 6.45) is 4.60. The number of carbonyl (C=O) groups is 1. The highest BCUT2D eigenvalue weighted by Gasteiger charge is 2.43.